The molecule has 6 nitrogen and oxygen atoms in total. The molecule has 1 atom stereocenters. The third-order valence-corrected chi connectivity index (χ3v) is 7.11. The number of nitrogens with zero attached hydrogens (tertiary/aromatic N) is 2. The summed E-state index contributed by atoms with van der Waals surface area (Å²) in [5, 5.41) is 1.90. The Morgan fingerprint density at radius 2 is 2.03 bits per heavy atom. The van der Waals surface area contributed by atoms with Crippen molar-refractivity contribution in [1.29, 1.82) is 0 Å². The van der Waals surface area contributed by atoms with E-state index in [1.165, 1.54) is 22.3 Å². The van der Waals surface area contributed by atoms with Gasteiger partial charge in [-0.1, -0.05) is 18.2 Å². The minimum Gasteiger partial charge on any atom is -0.369 e. The maximum absolute atomic E-state index is 13.3. The van der Waals surface area contributed by atoms with Gasteiger partial charge in [-0.15, -0.1) is 11.3 Å². The van der Waals surface area contributed by atoms with Crippen LogP contribution in [0.5, 0.6) is 0 Å². The number of hydrogen-bond donors (Lipinski definition) is 2. The van der Waals surface area contributed by atoms with Crippen LogP contribution in [0.3, 0.4) is 0 Å². The molecule has 1 aliphatic heterocycles. The summed E-state index contributed by atoms with van der Waals surface area (Å²) in [5.41, 5.74) is 14.7. The molecule has 1 aliphatic carbocycles. The van der Waals surface area contributed by atoms with E-state index in [0.29, 0.717) is 42.5 Å². The van der Waals surface area contributed by atoms with E-state index in [0.717, 1.165) is 23.4 Å². The topological polar surface area (TPSA) is 102 Å². The minimum absolute atomic E-state index is 0.112. The average molecular weight is 477 g/mol. The molecule has 4 rings (SSSR count). The van der Waals surface area contributed by atoms with Crippen molar-refractivity contribution in [2.45, 2.75) is 31.9 Å². The lowest BCUT2D eigenvalue weighted by molar-refractivity contribution is -0.137. The van der Waals surface area contributed by atoms with Crippen molar-refractivity contribution in [2.24, 2.45) is 16.9 Å². The van der Waals surface area contributed by atoms with Gasteiger partial charge in [-0.2, -0.15) is 13.2 Å². The molecule has 1 aromatic carbocycles. The van der Waals surface area contributed by atoms with E-state index in [1.807, 2.05) is 5.38 Å². The van der Waals surface area contributed by atoms with Gasteiger partial charge in [-0.25, -0.2) is 9.78 Å². The molecule has 4 N–H and O–H groups in total. The van der Waals surface area contributed by atoms with E-state index in [2.05, 4.69) is 4.98 Å². The number of thiazole rings is 1. The lowest BCUT2D eigenvalue weighted by Gasteiger charge is -2.43. The molecule has 0 saturated heterocycles. The normalized spacial score (nSPS) is 20.9. The van der Waals surface area contributed by atoms with Crippen LogP contribution in [0.15, 0.2) is 52.4 Å². The number of aromatic nitrogens is 1. The van der Waals surface area contributed by atoms with E-state index >= 15 is 0 Å². The number of allylic oxidation sites excluding steroid dienone is 2. The molecule has 0 bridgehead atoms. The summed E-state index contributed by atoms with van der Waals surface area (Å²) in [7, 11) is 0. The molecule has 0 spiro atoms. The number of rotatable bonds is 5. The molecule has 0 fully saturated rings. The Morgan fingerprint density at radius 3 is 2.67 bits per heavy atom. The smallest absolute Gasteiger partial charge is 0.369 e. The van der Waals surface area contributed by atoms with Crippen LogP contribution in [-0.4, -0.2) is 34.9 Å². The van der Waals surface area contributed by atoms with Gasteiger partial charge in [0.05, 0.1) is 22.2 Å². The van der Waals surface area contributed by atoms with Crippen LogP contribution in [0.25, 0.3) is 5.57 Å². The molecule has 0 saturated carbocycles. The minimum atomic E-state index is -4.47. The third kappa shape index (κ3) is 4.39. The van der Waals surface area contributed by atoms with Crippen LogP contribution >= 0.6 is 11.3 Å². The highest BCUT2D eigenvalue weighted by Gasteiger charge is 2.46. The largest absolute Gasteiger partial charge is 0.416 e. The molecule has 10 heteroatoms. The van der Waals surface area contributed by atoms with Gasteiger partial charge >= 0.3 is 12.2 Å². The maximum atomic E-state index is 13.3. The summed E-state index contributed by atoms with van der Waals surface area (Å²) < 4.78 is 39.9. The summed E-state index contributed by atoms with van der Waals surface area (Å²) in [4.78, 5) is 30.5. The van der Waals surface area contributed by atoms with Gasteiger partial charge < -0.3 is 16.4 Å². The molecule has 3 amide bonds. The van der Waals surface area contributed by atoms with Gasteiger partial charge in [0, 0.05) is 18.5 Å². The number of aryl methyl sites for hydroxylation is 1. The molecule has 2 aromatic rings. The highest BCUT2D eigenvalue weighted by molar-refractivity contribution is 7.07. The number of primary amides is 2. The molecule has 1 unspecified atom stereocenters. The lowest BCUT2D eigenvalue weighted by Crippen LogP contribution is -2.49. The van der Waals surface area contributed by atoms with E-state index in [1.54, 1.807) is 17.7 Å². The molecule has 33 heavy (non-hydrogen) atoms. The van der Waals surface area contributed by atoms with Crippen molar-refractivity contribution in [3.05, 3.63) is 69.2 Å². The first kappa shape index (κ1) is 23.0. The number of urea groups is 1. The summed E-state index contributed by atoms with van der Waals surface area (Å²) in [6, 6.07) is 4.52. The summed E-state index contributed by atoms with van der Waals surface area (Å²) in [6.45, 7) is 0.423. The van der Waals surface area contributed by atoms with Crippen molar-refractivity contribution in [3.8, 4) is 0 Å². The molecule has 174 valence electrons. The number of carbonyl (C=O) groups is 2. The number of carbonyl (C=O) groups excluding carboxylic acids is 2. The van der Waals surface area contributed by atoms with Crippen molar-refractivity contribution in [2.75, 3.05) is 13.1 Å². The fourth-order valence-electron chi connectivity index (χ4n) is 4.69. The standard InChI is InChI=1S/C23H23F3N4O2S/c24-23(25,26)15-3-1-2-14(10-15)17-5-8-22(20(27)31,7-4-16-12-33-13-29-16)19-11-30(21(28)32)9-6-18(17)19/h1-3,5,10,12-13H,4,6-9,11H2,(H2,27,31)(H2,28,32). The van der Waals surface area contributed by atoms with Gasteiger partial charge in [0.25, 0.3) is 0 Å². The predicted octanol–water partition coefficient (Wildman–Crippen LogP) is 4.13. The number of alkyl halides is 3. The number of benzene rings is 1. The Hall–Kier alpha value is -3.14. The van der Waals surface area contributed by atoms with Gasteiger partial charge in [-0.3, -0.25) is 4.79 Å². The van der Waals surface area contributed by atoms with Crippen molar-refractivity contribution < 1.29 is 22.8 Å². The van der Waals surface area contributed by atoms with Crippen LogP contribution < -0.4 is 11.5 Å². The Labute approximate surface area is 192 Å². The first-order chi connectivity index (χ1) is 15.6. The molecular formula is C23H23F3N4O2S. The van der Waals surface area contributed by atoms with E-state index in [-0.39, 0.29) is 13.0 Å². The highest BCUT2D eigenvalue weighted by Crippen LogP contribution is 2.49. The van der Waals surface area contributed by atoms with Crippen LogP contribution in [0.4, 0.5) is 18.0 Å². The summed E-state index contributed by atoms with van der Waals surface area (Å²) in [5.74, 6) is -0.532. The van der Waals surface area contributed by atoms with E-state index < -0.39 is 29.1 Å². The lowest BCUT2D eigenvalue weighted by atomic mass is 9.65. The maximum Gasteiger partial charge on any atom is 0.416 e. The van der Waals surface area contributed by atoms with Crippen LogP contribution in [-0.2, 0) is 17.4 Å². The number of halogens is 3. The van der Waals surface area contributed by atoms with Crippen molar-refractivity contribution in [1.82, 2.24) is 9.88 Å². The second-order valence-electron chi connectivity index (χ2n) is 8.29. The van der Waals surface area contributed by atoms with E-state index in [4.69, 9.17) is 11.5 Å². The fourth-order valence-corrected chi connectivity index (χ4v) is 5.29. The zero-order chi connectivity index (χ0) is 23.8. The number of amides is 3. The summed E-state index contributed by atoms with van der Waals surface area (Å²) in [6.07, 6.45) is -1.19. The average Bonchev–Trinajstić information content (AvgIpc) is 3.30. The highest BCUT2D eigenvalue weighted by atomic mass is 32.1. The quantitative estimate of drug-likeness (QED) is 0.678. The Morgan fingerprint density at radius 1 is 1.24 bits per heavy atom. The first-order valence-corrected chi connectivity index (χ1v) is 11.4. The first-order valence-electron chi connectivity index (χ1n) is 10.4. The van der Waals surface area contributed by atoms with Gasteiger partial charge in [0.2, 0.25) is 5.91 Å². The second-order valence-corrected chi connectivity index (χ2v) is 9.01. The van der Waals surface area contributed by atoms with E-state index in [9.17, 15) is 22.8 Å². The van der Waals surface area contributed by atoms with Gasteiger partial charge in [0.15, 0.2) is 0 Å². The Bertz CT molecular complexity index is 1140. The fraction of sp³-hybridized carbons (Fsp3) is 0.348. The van der Waals surface area contributed by atoms with Gasteiger partial charge in [-0.05, 0) is 60.1 Å². The monoisotopic (exact) mass is 476 g/mol. The molecule has 2 aliphatic rings. The van der Waals surface area contributed by atoms with Crippen LogP contribution in [0, 0.1) is 5.41 Å². The summed E-state index contributed by atoms with van der Waals surface area (Å²) >= 11 is 1.45. The predicted molar refractivity (Wildman–Crippen MR) is 119 cm³/mol. The van der Waals surface area contributed by atoms with Crippen LogP contribution in [0.2, 0.25) is 0 Å². The van der Waals surface area contributed by atoms with Gasteiger partial charge in [0.1, 0.15) is 0 Å². The second kappa shape index (κ2) is 8.66. The molecule has 0 radical (unpaired) electrons. The zero-order valence-electron chi connectivity index (χ0n) is 17.7. The van der Waals surface area contributed by atoms with Crippen molar-refractivity contribution in [3.63, 3.8) is 0 Å². The number of nitrogens with two attached hydrogens (primary N) is 2. The molecule has 2 heterocycles. The van der Waals surface area contributed by atoms with Crippen molar-refractivity contribution >= 4 is 28.8 Å². The molecular weight excluding hydrogens is 453 g/mol. The SMILES string of the molecule is NC(=O)N1CCC2=C(C1)C(CCc1cscn1)(C(N)=O)CC=C2c1cccc(C(F)(F)F)c1. The Balaban J connectivity index is 1.79. The number of hydrogen-bond acceptors (Lipinski definition) is 4. The van der Waals surface area contributed by atoms with Crippen LogP contribution in [0.1, 0.15) is 36.1 Å². The zero-order valence-corrected chi connectivity index (χ0v) is 18.5. The third-order valence-electron chi connectivity index (χ3n) is 6.48. The Kier molecular flexibility index (Phi) is 6.04. The molecule has 1 aromatic heterocycles.